The van der Waals surface area contributed by atoms with Crippen LogP contribution in [0.2, 0.25) is 0 Å². The minimum atomic E-state index is -3.97. The van der Waals surface area contributed by atoms with E-state index in [2.05, 4.69) is 28.6 Å². The Balaban J connectivity index is 0.000000306. The van der Waals surface area contributed by atoms with Crippen molar-refractivity contribution in [2.24, 2.45) is 0 Å². The molecule has 1 unspecified atom stereocenters. The first-order valence-electron chi connectivity index (χ1n) is 41.2. The first kappa shape index (κ1) is 118. The average Bonchev–Trinajstić information content (AvgIpc) is 0.800. The van der Waals surface area contributed by atoms with E-state index in [0.29, 0.717) is 125 Å². The number of benzene rings is 10. The minimum Gasteiger partial charge on any atom is -0.496 e. The van der Waals surface area contributed by atoms with E-state index in [-0.39, 0.29) is 108 Å². The minimum absolute atomic E-state index is 0.00456. The Hall–Kier alpha value is -14.3. The van der Waals surface area contributed by atoms with E-state index in [9.17, 15) is 75.1 Å². The van der Waals surface area contributed by atoms with E-state index in [1.54, 1.807) is 110 Å². The molecule has 0 saturated heterocycles. The molecule has 770 valence electrons. The average molecular weight is 2140 g/mol. The third-order valence-electron chi connectivity index (χ3n) is 19.9. The van der Waals surface area contributed by atoms with Crippen molar-refractivity contribution in [2.75, 3.05) is 176 Å². The smallest absolute Gasteiger partial charge is 0.311 e. The maximum absolute atomic E-state index is 12.8. The molecule has 0 aromatic heterocycles. The van der Waals surface area contributed by atoms with Crippen LogP contribution in [-0.4, -0.2) is 227 Å². The zero-order chi connectivity index (χ0) is 106. The van der Waals surface area contributed by atoms with E-state index in [1.807, 2.05) is 0 Å². The molecule has 0 bridgehead atoms. The number of alkyl halides is 1. The van der Waals surface area contributed by atoms with Gasteiger partial charge in [0.15, 0.2) is 64.1 Å². The summed E-state index contributed by atoms with van der Waals surface area (Å²) in [5, 5.41) is 44.8. The summed E-state index contributed by atoms with van der Waals surface area (Å²) in [6, 6.07) is 38.8. The standard InChI is InChI=1S/C19H21NO9S.C19H25NO7S.C19H21NO7S.C19H23NO6S.C11H13BrO4.C8H9NO3S/c1-26-13-8-17(28-3)19(18(9-13)29-4)15(21)11-30(24,25)10-12-5-6-16(27-2)14(7-12)20(22)23;1-24-13-8-17(26-3)19(18(9-13)27-4)15(21)11-28(22,23)10-12-5-6-16(25-2)14(20)7-12;1-24-13-8-17(26-3)19(18(9-13)27-4)15(21)11-28-10-12-5-6-16(25-2)14(7-12)20(22)23;1-23-14-10-18(25-3)15(19(11-14)26-4)7-8-27(21,22)12-13-5-6-17(24-2)16(20)9-13;1-14-7-4-9(15-2)11(8(13)6-12)10(5-7)16-3;1-12-8-3-2-6(5-13)4-7(8)9(10)11/h5-9H,10-11H2,1-4H3;5-9,15,21H,10-11,20H2,1-4H3;5-9H,10-11H2,1-4H3;5-11H,12,20H2,1-4H3;4-5H,6H2,1-3H3;2-4,13H,5H2,1H3/b;;;8-7+;;. The molecular weight excluding hydrogens is 2030 g/mol. The van der Waals surface area contributed by atoms with Crippen molar-refractivity contribution in [3.8, 4) is 115 Å². The maximum atomic E-state index is 12.8. The molecule has 0 heterocycles. The number of nitro groups is 3. The van der Waals surface area contributed by atoms with Gasteiger partial charge < -0.3 is 111 Å². The van der Waals surface area contributed by atoms with Gasteiger partial charge in [0.1, 0.15) is 126 Å². The molecule has 0 amide bonds. The number of thiol groups is 1. The van der Waals surface area contributed by atoms with Gasteiger partial charge in [-0.05, 0) is 76.4 Å². The number of nitrogen functional groups attached to an aromatic ring is 2. The number of aliphatic hydroxyl groups excluding tert-OH is 1. The number of carbonyl (C=O) groups is 3. The van der Waals surface area contributed by atoms with Crippen molar-refractivity contribution < 1.29 is 154 Å². The summed E-state index contributed by atoms with van der Waals surface area (Å²) in [7, 11) is 17.7. The number of Topliss-reactive ketones (excluding diaryl/α,β-unsaturated/α-hetero) is 3. The second-order valence-corrected chi connectivity index (χ2v) is 36.7. The van der Waals surface area contributed by atoms with Crippen molar-refractivity contribution in [3.63, 3.8) is 0 Å². The fourth-order valence-corrected chi connectivity index (χ4v) is 18.3. The summed E-state index contributed by atoms with van der Waals surface area (Å²) in [5.74, 6) is 4.79. The number of ketones is 3. The van der Waals surface area contributed by atoms with Crippen LogP contribution in [0.3, 0.4) is 0 Å². The van der Waals surface area contributed by atoms with Gasteiger partial charge >= 0.3 is 17.1 Å². The molecule has 10 aromatic carbocycles. The number of rotatable bonds is 45. The van der Waals surface area contributed by atoms with Crippen LogP contribution >= 0.6 is 40.3 Å². The molecule has 0 spiro atoms. The summed E-state index contributed by atoms with van der Waals surface area (Å²) in [6.07, 6.45) is 0.0932. The van der Waals surface area contributed by atoms with Crippen molar-refractivity contribution in [1.82, 2.24) is 0 Å². The summed E-state index contributed by atoms with van der Waals surface area (Å²) < 4.78 is 179. The van der Waals surface area contributed by atoms with Crippen LogP contribution in [0.1, 0.15) is 76.1 Å². The topological polar surface area (TPSA) is 540 Å². The normalized spacial score (nSPS) is 10.9. The van der Waals surface area contributed by atoms with Crippen molar-refractivity contribution in [2.45, 2.75) is 34.9 Å². The molecule has 0 radical (unpaired) electrons. The number of ether oxygens (including phenoxy) is 20. The number of halogens is 1. The van der Waals surface area contributed by atoms with Gasteiger partial charge in [-0.25, -0.2) is 25.3 Å². The highest BCUT2D eigenvalue weighted by Crippen LogP contribution is 2.43. The van der Waals surface area contributed by atoms with Gasteiger partial charge in [0.05, 0.1) is 214 Å². The number of hydrogen-bond donors (Lipinski definition) is 4. The molecule has 10 rings (SSSR count). The van der Waals surface area contributed by atoms with Gasteiger partial charge in [0, 0.05) is 95.8 Å². The van der Waals surface area contributed by atoms with E-state index < -0.39 is 73.4 Å². The summed E-state index contributed by atoms with van der Waals surface area (Å²) in [4.78, 5) is 68.4. The maximum Gasteiger partial charge on any atom is 0.311 e. The second kappa shape index (κ2) is 57.5. The first-order valence-corrected chi connectivity index (χ1v) is 49.4. The quantitative estimate of drug-likeness (QED) is 0.00687. The first-order chi connectivity index (χ1) is 67.5. The van der Waals surface area contributed by atoms with Gasteiger partial charge in [-0.2, -0.15) is 12.6 Å². The van der Waals surface area contributed by atoms with Crippen molar-refractivity contribution in [3.05, 3.63) is 243 Å². The van der Waals surface area contributed by atoms with Crippen LogP contribution in [0.15, 0.2) is 157 Å². The molecule has 41 nitrogen and oxygen atoms in total. The lowest BCUT2D eigenvalue weighted by Crippen LogP contribution is -2.19. The monoisotopic (exact) mass is 2140 g/mol. The van der Waals surface area contributed by atoms with Crippen molar-refractivity contribution >= 4 is 122 Å². The predicted molar refractivity (Wildman–Crippen MR) is 541 cm³/mol. The zero-order valence-electron chi connectivity index (χ0n) is 81.2. The Morgan fingerprint density at radius 2 is 0.648 bits per heavy atom. The molecule has 142 heavy (non-hydrogen) atoms. The number of nitrogens with zero attached hydrogens (tertiary/aromatic N) is 3. The van der Waals surface area contributed by atoms with E-state index >= 15 is 0 Å². The molecular formula is C95H112BrN5O36S5. The lowest BCUT2D eigenvalue weighted by atomic mass is 10.1. The Bertz CT molecular complexity index is 6310. The van der Waals surface area contributed by atoms with Gasteiger partial charge in [-0.1, -0.05) is 46.3 Å². The number of methoxy groups -OCH3 is 20. The van der Waals surface area contributed by atoms with Crippen LogP contribution in [0, 0.1) is 30.3 Å². The predicted octanol–water partition coefficient (Wildman–Crippen LogP) is 15.3. The highest BCUT2D eigenvalue weighted by Gasteiger charge is 2.31. The fraction of sp³-hybridized carbons (Fsp3) is 0.316. The molecule has 0 saturated carbocycles. The molecule has 47 heteroatoms. The molecule has 0 aliphatic carbocycles. The number of aliphatic hydroxyl groups is 1. The van der Waals surface area contributed by atoms with Crippen molar-refractivity contribution in [1.29, 1.82) is 0 Å². The third-order valence-corrected chi connectivity index (χ3v) is 26.1. The SMILES string of the molecule is COc1cc(OC)c(/C=C/S(=O)(=O)Cc2ccc(OC)c(N)c2)c(OC)c1.COc1cc(OC)c(C(=O)CBr)c(OC)c1.COc1cc(OC)c(C(=O)CS(=O)(=O)Cc2ccc(OC)c([N+](=O)[O-])c2)c(OC)c1.COc1cc(OC)c(C(=O)CSCc2ccc(OC)c([N+](=O)[O-])c2)c(OC)c1.COc1cc(OC)c(C(O)CS(=O)(=O)Cc2ccc(OC)c(N)c2)c(OC)c1.COc1ccc(CS)cc1[N+](=O)[O-]. The van der Waals surface area contributed by atoms with E-state index in [0.717, 1.165) is 22.6 Å². The fourth-order valence-electron chi connectivity index (χ4n) is 13.1. The van der Waals surface area contributed by atoms with Gasteiger partial charge in [0.25, 0.3) is 0 Å². The van der Waals surface area contributed by atoms with E-state index in [4.69, 9.17) is 106 Å². The summed E-state index contributed by atoms with van der Waals surface area (Å²) in [6.45, 7) is 0. The molecule has 0 aliphatic heterocycles. The highest BCUT2D eigenvalue weighted by atomic mass is 79.9. The number of sulfone groups is 3. The van der Waals surface area contributed by atoms with Gasteiger partial charge in [-0.15, -0.1) is 11.8 Å². The van der Waals surface area contributed by atoms with Crippen LogP contribution in [0.25, 0.3) is 6.08 Å². The largest absolute Gasteiger partial charge is 0.496 e. The number of carbonyl (C=O) groups excluding carboxylic acids is 3. The van der Waals surface area contributed by atoms with Crippen LogP contribution < -0.4 is 106 Å². The molecule has 0 fully saturated rings. The Labute approximate surface area is 839 Å². The zero-order valence-corrected chi connectivity index (χ0v) is 87.0. The lowest BCUT2D eigenvalue weighted by molar-refractivity contribution is -0.385. The number of nitro benzene ring substituents is 3. The highest BCUT2D eigenvalue weighted by molar-refractivity contribution is 9.09. The Morgan fingerprint density at radius 1 is 0.366 bits per heavy atom. The van der Waals surface area contributed by atoms with Crippen LogP contribution in [0.5, 0.6) is 115 Å². The molecule has 10 aromatic rings. The third kappa shape index (κ3) is 34.0. The Morgan fingerprint density at radius 3 is 0.972 bits per heavy atom. The summed E-state index contributed by atoms with van der Waals surface area (Å²) >= 11 is 8.48. The molecule has 1 atom stereocenters. The summed E-state index contributed by atoms with van der Waals surface area (Å²) in [5.41, 5.74) is 16.1. The Kier molecular flexibility index (Phi) is 47.8. The van der Waals surface area contributed by atoms with Gasteiger partial charge in [0.2, 0.25) is 0 Å². The number of nitrogens with two attached hydrogens (primary N) is 2. The number of hydrogen-bond acceptors (Lipinski definition) is 40. The lowest BCUT2D eigenvalue weighted by Gasteiger charge is -2.19. The van der Waals surface area contributed by atoms with Crippen LogP contribution in [-0.2, 0) is 58.3 Å². The second-order valence-electron chi connectivity index (χ2n) is 28.8. The molecule has 0 aliphatic rings. The van der Waals surface area contributed by atoms with Gasteiger partial charge in [-0.3, -0.25) is 44.7 Å². The molecule has 5 N–H and O–H groups in total. The van der Waals surface area contributed by atoms with E-state index in [1.165, 1.54) is 195 Å². The number of thioether (sulfide) groups is 1. The number of anilines is 2. The van der Waals surface area contributed by atoms with Crippen LogP contribution in [0.4, 0.5) is 28.4 Å².